The van der Waals surface area contributed by atoms with Crippen molar-refractivity contribution in [1.29, 1.82) is 0 Å². The van der Waals surface area contributed by atoms with Gasteiger partial charge in [0.05, 0.1) is 11.6 Å². The molecule has 1 atom stereocenters. The fourth-order valence-electron chi connectivity index (χ4n) is 4.00. The van der Waals surface area contributed by atoms with Crippen LogP contribution in [0.4, 0.5) is 0 Å². The maximum absolute atomic E-state index is 13.0. The number of amides is 1. The van der Waals surface area contributed by atoms with Crippen molar-refractivity contribution >= 4 is 11.6 Å². The van der Waals surface area contributed by atoms with E-state index in [4.69, 9.17) is 0 Å². The summed E-state index contributed by atoms with van der Waals surface area (Å²) in [6.45, 7) is 5.66. The summed E-state index contributed by atoms with van der Waals surface area (Å²) >= 11 is 0. The second kappa shape index (κ2) is 8.57. The van der Waals surface area contributed by atoms with Crippen LogP contribution in [0.25, 0.3) is 5.65 Å². The third kappa shape index (κ3) is 4.22. The van der Waals surface area contributed by atoms with Crippen LogP contribution < -0.4 is 5.56 Å². The van der Waals surface area contributed by atoms with Crippen LogP contribution in [0.5, 0.6) is 0 Å². The number of nitrogens with zero attached hydrogens (tertiary/aromatic N) is 4. The molecule has 150 valence electrons. The highest BCUT2D eigenvalue weighted by Gasteiger charge is 2.27. The molecule has 0 bridgehead atoms. The molecule has 0 radical (unpaired) electrons. The van der Waals surface area contributed by atoms with Crippen molar-refractivity contribution in [3.63, 3.8) is 0 Å². The number of carbonyl (C=O) groups excluding carboxylic acids is 1. The van der Waals surface area contributed by atoms with E-state index in [1.54, 1.807) is 16.7 Å². The van der Waals surface area contributed by atoms with Gasteiger partial charge < -0.3 is 4.90 Å². The zero-order valence-corrected chi connectivity index (χ0v) is 16.7. The molecular weight excluding hydrogens is 364 g/mol. The molecule has 6 heteroatoms. The Morgan fingerprint density at radius 2 is 1.76 bits per heavy atom. The Hall–Kier alpha value is -2.99. The molecule has 0 spiro atoms. The lowest BCUT2D eigenvalue weighted by molar-refractivity contribution is -0.134. The minimum atomic E-state index is -0.0787. The lowest BCUT2D eigenvalue weighted by atomic mass is 9.95. The molecule has 29 heavy (non-hydrogen) atoms. The molecule has 4 rings (SSSR count). The Kier molecular flexibility index (Phi) is 5.71. The van der Waals surface area contributed by atoms with Crippen molar-refractivity contribution in [1.82, 2.24) is 19.2 Å². The van der Waals surface area contributed by atoms with Crippen LogP contribution in [0.15, 0.2) is 65.6 Å². The zero-order valence-electron chi connectivity index (χ0n) is 16.7. The number of hydrogen-bond acceptors (Lipinski definition) is 4. The quantitative estimate of drug-likeness (QED) is 0.672. The first-order valence-corrected chi connectivity index (χ1v) is 10.2. The molecule has 1 aliphatic heterocycles. The Balaban J connectivity index is 1.39. The molecule has 0 aliphatic carbocycles. The van der Waals surface area contributed by atoms with Gasteiger partial charge in [-0.2, -0.15) is 0 Å². The van der Waals surface area contributed by atoms with Gasteiger partial charge in [0, 0.05) is 45.0 Å². The monoisotopic (exact) mass is 390 g/mol. The van der Waals surface area contributed by atoms with E-state index in [1.807, 2.05) is 53.4 Å². The van der Waals surface area contributed by atoms with Gasteiger partial charge in [-0.05, 0) is 24.1 Å². The highest BCUT2D eigenvalue weighted by molar-refractivity contribution is 5.83. The third-order valence-electron chi connectivity index (χ3n) is 5.60. The SMILES string of the molecule is CC[C@H](C(=O)N1CCN(Cc2cc(=O)n3ccccc3n2)CC1)c1ccccc1. The molecule has 1 amide bonds. The Bertz CT molecular complexity index is 1040. The summed E-state index contributed by atoms with van der Waals surface area (Å²) in [5, 5.41) is 0. The van der Waals surface area contributed by atoms with Gasteiger partial charge in [-0.25, -0.2) is 4.98 Å². The maximum Gasteiger partial charge on any atom is 0.258 e. The normalized spacial score (nSPS) is 16.1. The van der Waals surface area contributed by atoms with Crippen LogP contribution in [0.1, 0.15) is 30.5 Å². The number of benzene rings is 1. The van der Waals surface area contributed by atoms with Crippen LogP contribution in [0.3, 0.4) is 0 Å². The Morgan fingerprint density at radius 3 is 2.48 bits per heavy atom. The zero-order chi connectivity index (χ0) is 20.2. The van der Waals surface area contributed by atoms with Crippen molar-refractivity contribution in [3.05, 3.63) is 82.4 Å². The molecule has 0 N–H and O–H groups in total. The number of piperazine rings is 1. The van der Waals surface area contributed by atoms with Crippen molar-refractivity contribution in [2.45, 2.75) is 25.8 Å². The van der Waals surface area contributed by atoms with E-state index in [0.717, 1.165) is 30.8 Å². The van der Waals surface area contributed by atoms with Crippen LogP contribution in [0, 0.1) is 0 Å². The molecule has 1 aromatic carbocycles. The highest BCUT2D eigenvalue weighted by atomic mass is 16.2. The Labute approximate surface area is 170 Å². The molecule has 3 heterocycles. The molecular formula is C23H26N4O2. The molecule has 1 fully saturated rings. The maximum atomic E-state index is 13.0. The van der Waals surface area contributed by atoms with E-state index in [-0.39, 0.29) is 17.4 Å². The van der Waals surface area contributed by atoms with Crippen molar-refractivity contribution in [3.8, 4) is 0 Å². The largest absolute Gasteiger partial charge is 0.340 e. The third-order valence-corrected chi connectivity index (χ3v) is 5.60. The van der Waals surface area contributed by atoms with E-state index in [1.165, 1.54) is 0 Å². The molecule has 6 nitrogen and oxygen atoms in total. The summed E-state index contributed by atoms with van der Waals surface area (Å²) in [5.74, 6) is 0.130. The minimum absolute atomic E-state index is 0.0620. The summed E-state index contributed by atoms with van der Waals surface area (Å²) in [5.41, 5.74) is 2.46. The van der Waals surface area contributed by atoms with E-state index < -0.39 is 0 Å². The lowest BCUT2D eigenvalue weighted by Gasteiger charge is -2.36. The molecule has 2 aromatic heterocycles. The van der Waals surface area contributed by atoms with Crippen molar-refractivity contribution in [2.24, 2.45) is 0 Å². The smallest absolute Gasteiger partial charge is 0.258 e. The van der Waals surface area contributed by atoms with Gasteiger partial charge in [-0.15, -0.1) is 0 Å². The number of pyridine rings is 1. The predicted octanol–water partition coefficient (Wildman–Crippen LogP) is 2.53. The van der Waals surface area contributed by atoms with E-state index >= 15 is 0 Å². The first-order valence-electron chi connectivity index (χ1n) is 10.2. The fourth-order valence-corrected chi connectivity index (χ4v) is 4.00. The van der Waals surface area contributed by atoms with Crippen molar-refractivity contribution in [2.75, 3.05) is 26.2 Å². The predicted molar refractivity (Wildman–Crippen MR) is 113 cm³/mol. The summed E-state index contributed by atoms with van der Waals surface area (Å²) in [6, 6.07) is 17.2. The van der Waals surface area contributed by atoms with Crippen LogP contribution in [-0.4, -0.2) is 51.3 Å². The molecule has 0 saturated carbocycles. The second-order valence-electron chi connectivity index (χ2n) is 7.49. The minimum Gasteiger partial charge on any atom is -0.340 e. The summed E-state index contributed by atoms with van der Waals surface area (Å²) in [7, 11) is 0. The Morgan fingerprint density at radius 1 is 1.03 bits per heavy atom. The first kappa shape index (κ1) is 19.3. The molecule has 1 saturated heterocycles. The number of rotatable bonds is 5. The topological polar surface area (TPSA) is 57.9 Å². The van der Waals surface area contributed by atoms with Crippen molar-refractivity contribution < 1.29 is 4.79 Å². The van der Waals surface area contributed by atoms with Gasteiger partial charge in [-0.3, -0.25) is 18.9 Å². The number of aromatic nitrogens is 2. The number of hydrogen-bond donors (Lipinski definition) is 0. The van der Waals surface area contributed by atoms with Crippen LogP contribution >= 0.6 is 0 Å². The van der Waals surface area contributed by atoms with E-state index in [0.29, 0.717) is 25.3 Å². The highest BCUT2D eigenvalue weighted by Crippen LogP contribution is 2.23. The van der Waals surface area contributed by atoms with Gasteiger partial charge >= 0.3 is 0 Å². The molecule has 0 unspecified atom stereocenters. The van der Waals surface area contributed by atoms with E-state index in [9.17, 15) is 9.59 Å². The lowest BCUT2D eigenvalue weighted by Crippen LogP contribution is -2.49. The number of fused-ring (bicyclic) bond motifs is 1. The number of carbonyl (C=O) groups is 1. The average Bonchev–Trinajstić information content (AvgIpc) is 2.75. The first-order chi connectivity index (χ1) is 14.2. The van der Waals surface area contributed by atoms with E-state index in [2.05, 4.69) is 16.8 Å². The van der Waals surface area contributed by atoms with Gasteiger partial charge in [0.15, 0.2) is 0 Å². The summed E-state index contributed by atoms with van der Waals surface area (Å²) < 4.78 is 1.55. The molecule has 1 aliphatic rings. The van der Waals surface area contributed by atoms with Gasteiger partial charge in [0.2, 0.25) is 5.91 Å². The molecule has 3 aromatic rings. The second-order valence-corrected chi connectivity index (χ2v) is 7.49. The van der Waals surface area contributed by atoms with Gasteiger partial charge in [0.25, 0.3) is 5.56 Å². The summed E-state index contributed by atoms with van der Waals surface area (Å²) in [4.78, 5) is 34.2. The summed E-state index contributed by atoms with van der Waals surface area (Å²) in [6.07, 6.45) is 2.53. The average molecular weight is 390 g/mol. The standard InChI is InChI=1S/C23H26N4O2/c1-2-20(18-8-4-3-5-9-18)23(29)26-14-12-25(13-15-26)17-19-16-22(28)27-11-7-6-10-21(27)24-19/h3-11,16,20H,2,12-15,17H2,1H3/t20-/m0/s1. The fraction of sp³-hybridized carbons (Fsp3) is 0.348. The van der Waals surface area contributed by atoms with Gasteiger partial charge in [-0.1, -0.05) is 43.3 Å². The van der Waals surface area contributed by atoms with Crippen LogP contribution in [0.2, 0.25) is 0 Å². The van der Waals surface area contributed by atoms with Crippen LogP contribution in [-0.2, 0) is 11.3 Å². The van der Waals surface area contributed by atoms with Gasteiger partial charge in [0.1, 0.15) is 5.65 Å².